The van der Waals surface area contributed by atoms with Gasteiger partial charge in [0.25, 0.3) is 0 Å². The Hall–Kier alpha value is -14.1. The number of carbonyl (C=O) groups is 19. The minimum atomic E-state index is -1.88. The summed E-state index contributed by atoms with van der Waals surface area (Å²) in [5, 5.41) is 116. The van der Waals surface area contributed by atoms with E-state index in [1.165, 1.54) is 37.6 Å². The predicted molar refractivity (Wildman–Crippen MR) is 459 cm³/mol. The maximum Gasteiger partial charge on any atom is 0.326 e. The molecule has 49 heteroatoms. The number of aromatic nitrogens is 6. The van der Waals surface area contributed by atoms with E-state index in [-0.39, 0.29) is 160 Å². The van der Waals surface area contributed by atoms with Crippen LogP contribution in [0.3, 0.4) is 0 Å². The summed E-state index contributed by atoms with van der Waals surface area (Å²) in [5.74, 6) is -21.6. The number of unbranched alkanes of at least 4 members (excludes halogenated alkanes) is 1. The van der Waals surface area contributed by atoms with E-state index in [4.69, 9.17) is 5.11 Å². The van der Waals surface area contributed by atoms with Crippen molar-refractivity contribution in [1.82, 2.24) is 108 Å². The van der Waals surface area contributed by atoms with Crippen LogP contribution in [0.5, 0.6) is 0 Å². The minimum absolute atomic E-state index is 0.0339. The molecule has 2 aromatic carbocycles. The van der Waals surface area contributed by atoms with Gasteiger partial charge in [-0.25, -0.2) is 29.3 Å². The number of aliphatic carboxylic acids is 9. The highest BCUT2D eigenvalue weighted by Gasteiger charge is 2.38. The van der Waals surface area contributed by atoms with Gasteiger partial charge in [-0.15, -0.1) is 0 Å². The molecule has 11 amide bonds. The fourth-order valence-electron chi connectivity index (χ4n) is 14.9. The lowest BCUT2D eigenvalue weighted by atomic mass is 9.81. The number of carboxylic acid groups (broad SMARTS) is 9. The minimum Gasteiger partial charge on any atom is -0.481 e. The number of urea groups is 1. The first-order valence-corrected chi connectivity index (χ1v) is 42.9. The van der Waals surface area contributed by atoms with Crippen LogP contribution in [0, 0.1) is 11.8 Å². The van der Waals surface area contributed by atoms with Crippen molar-refractivity contribution in [1.29, 1.82) is 0 Å². The molecular weight excluding hydrogens is 1740 g/mol. The van der Waals surface area contributed by atoms with E-state index in [0.717, 1.165) is 10.8 Å². The van der Waals surface area contributed by atoms with E-state index in [1.807, 2.05) is 23.5 Å². The average Bonchev–Trinajstić information content (AvgIpc) is 0.972. The van der Waals surface area contributed by atoms with E-state index in [2.05, 4.69) is 83.1 Å². The number of aromatic amines is 3. The zero-order chi connectivity index (χ0) is 96.3. The molecule has 0 bridgehead atoms. The quantitative estimate of drug-likeness (QED) is 0.0167. The Bertz CT molecular complexity index is 4710. The van der Waals surface area contributed by atoms with Gasteiger partial charge < -0.3 is 119 Å². The zero-order valence-corrected chi connectivity index (χ0v) is 72.3. The number of imidazole rings is 3. The van der Waals surface area contributed by atoms with Crippen LogP contribution in [0.1, 0.15) is 125 Å². The van der Waals surface area contributed by atoms with Crippen molar-refractivity contribution in [2.24, 2.45) is 11.8 Å². The number of nitrogens with zero attached hydrogens (tertiary/aromatic N) is 7. The molecule has 2 fully saturated rings. The maximum atomic E-state index is 14.9. The number of carbonyl (C=O) groups excluding carboxylic acids is 10. The first-order valence-electron chi connectivity index (χ1n) is 42.9. The molecule has 4 heterocycles. The van der Waals surface area contributed by atoms with Crippen molar-refractivity contribution in [2.75, 3.05) is 91.6 Å². The third-order valence-corrected chi connectivity index (χ3v) is 22.1. The Kier molecular flexibility index (Phi) is 43.3. The molecular formula is C83H115N21O28. The van der Waals surface area contributed by atoms with Crippen molar-refractivity contribution in [3.05, 3.63) is 103 Å². The van der Waals surface area contributed by atoms with Crippen LogP contribution in [0.15, 0.2) is 80.0 Å². The monoisotopic (exact) mass is 1850 g/mol. The molecule has 0 unspecified atom stereocenters. The van der Waals surface area contributed by atoms with E-state index in [9.17, 15) is 132 Å². The van der Waals surface area contributed by atoms with E-state index in [0.29, 0.717) is 24.1 Å². The SMILES string of the molecule is O=C(O)CC[C@H](NC(=O)N[C@@H](CCCCNC(=O)[C@H](Cc1ccc2ccccc2c1)NC(=O)[C@H](Cc1c[nH]cn1)NC(=O)[C@H](CCC(=O)O)NC(=O)[C@H](CCc1c[nH]cn1)NC(=O)[C@H](CCC(=O)O)NC(=O)[C@H](Cc1c[nH]cn1)NC(=O)[C@H](CCC(=O)O)NC(=O)[C@H]1CC[C@H](CNC(=O)CN2CCN(CC(=O)O)CCN(CC(=O)O)CCN(CC(=O)O)CC2)CC1)C(=O)O)C(=O)O. The summed E-state index contributed by atoms with van der Waals surface area (Å²) in [7, 11) is 0. The van der Waals surface area contributed by atoms with Crippen molar-refractivity contribution in [2.45, 2.75) is 183 Å². The highest BCUT2D eigenvalue weighted by atomic mass is 16.4. The largest absolute Gasteiger partial charge is 0.481 e. The Labute approximate surface area is 754 Å². The number of nitrogens with one attached hydrogen (secondary N) is 14. The number of benzene rings is 2. The first kappa shape index (κ1) is 105. The van der Waals surface area contributed by atoms with E-state index in [1.54, 1.807) is 43.9 Å². The molecule has 1 saturated heterocycles. The topological polar surface area (TPSA) is 738 Å². The molecule has 23 N–H and O–H groups in total. The number of amides is 11. The van der Waals surface area contributed by atoms with Gasteiger partial charge in [0.2, 0.25) is 53.2 Å². The van der Waals surface area contributed by atoms with Gasteiger partial charge in [-0.3, -0.25) is 96.3 Å². The predicted octanol–water partition coefficient (Wildman–Crippen LogP) is -3.59. The third-order valence-electron chi connectivity index (χ3n) is 22.1. The molecule has 1 aliphatic heterocycles. The summed E-state index contributed by atoms with van der Waals surface area (Å²) in [6, 6.07) is -3.94. The molecule has 1 saturated carbocycles. The third kappa shape index (κ3) is 38.7. The molecule has 5 aromatic rings. The lowest BCUT2D eigenvalue weighted by Gasteiger charge is -2.33. The number of rotatable bonds is 55. The number of carboxylic acids is 9. The summed E-state index contributed by atoms with van der Waals surface area (Å²) >= 11 is 0. The molecule has 132 heavy (non-hydrogen) atoms. The van der Waals surface area contributed by atoms with Crippen LogP contribution in [0.4, 0.5) is 4.79 Å². The van der Waals surface area contributed by atoms with Gasteiger partial charge in [0, 0.05) is 135 Å². The van der Waals surface area contributed by atoms with Crippen LogP contribution in [0.2, 0.25) is 0 Å². The van der Waals surface area contributed by atoms with Crippen molar-refractivity contribution in [3.63, 3.8) is 0 Å². The Morgan fingerprint density at radius 2 is 0.727 bits per heavy atom. The van der Waals surface area contributed by atoms with Gasteiger partial charge in [-0.2, -0.15) is 0 Å². The lowest BCUT2D eigenvalue weighted by Crippen LogP contribution is -2.60. The Morgan fingerprint density at radius 3 is 1.14 bits per heavy atom. The van der Waals surface area contributed by atoms with Crippen LogP contribution in [-0.4, -0.2) is 354 Å². The first-order chi connectivity index (χ1) is 62.9. The van der Waals surface area contributed by atoms with Crippen LogP contribution in [-0.2, 0) is 112 Å². The average molecular weight is 1850 g/mol. The molecule has 0 spiro atoms. The summed E-state index contributed by atoms with van der Waals surface area (Å²) in [6.45, 7) is 0.267. The molecule has 3 aromatic heterocycles. The molecule has 1 aliphatic carbocycles. The molecule has 7 rings (SSSR count). The molecule has 9 atom stereocenters. The number of fused-ring (bicyclic) bond motifs is 1. The van der Waals surface area contributed by atoms with Gasteiger partial charge in [0.05, 0.1) is 62.2 Å². The second-order valence-corrected chi connectivity index (χ2v) is 32.2. The highest BCUT2D eigenvalue weighted by molar-refractivity contribution is 5.99. The summed E-state index contributed by atoms with van der Waals surface area (Å²) in [6.07, 6.45) is 2.34. The lowest BCUT2D eigenvalue weighted by molar-refractivity contribution is -0.141. The van der Waals surface area contributed by atoms with Crippen LogP contribution >= 0.6 is 0 Å². The Morgan fingerprint density at radius 1 is 0.356 bits per heavy atom. The summed E-state index contributed by atoms with van der Waals surface area (Å²) in [5.41, 5.74) is 1.17. The van der Waals surface area contributed by atoms with Gasteiger partial charge >= 0.3 is 59.8 Å². The number of hydrogen-bond acceptors (Lipinski definition) is 26. The highest BCUT2D eigenvalue weighted by Crippen LogP contribution is 2.29. The van der Waals surface area contributed by atoms with E-state index < -0.39 is 237 Å². The standard InChI is InChI=1S/C83H115N21O28/c105-65(41-101-25-27-102(42-70(114)115)29-31-104(44-72(118)119)32-30-103(28-26-101)43-71(116)117)88-37-48-8-12-51(13-9-48)73(120)92-57(16-20-66(106)107)77(124)97-63(35-54-39-85-46-90-54)79(126)95-58(17-21-67(108)109)76(123)93-56(15-14-53-38-84-45-89-53)75(122)94-59(18-22-68(110)111)78(125)98-64(36-55-40-86-47-91-55)80(127)96-62(34-49-10-11-50-5-1-2-6-52(50)33-49)74(121)87-24-4-3-7-60(81(128)129)99-83(132)100-61(82(130)131)19-23-69(112)113/h1-2,5-6,10-11,33,38-40,45-48,51,56-64H,3-4,7-9,12-32,34-37,41-44H2,(H,84,89)(H,85,90)(H,86,91)(H,87,121)(H,88,105)(H,92,120)(H,93,123)(H,94,122)(H,95,126)(H,96,127)(H,97,124)(H,98,125)(H,106,107)(H,108,109)(H,110,111)(H,112,113)(H,114,115)(H,116,117)(H,118,119)(H,128,129)(H,130,131)(H2,99,100,132)/t48-,51-,56-,57-,58-,59-,60-,61-,62-,63-,64-/m0/s1. The number of hydrogen-bond donors (Lipinski definition) is 23. The smallest absolute Gasteiger partial charge is 0.326 e. The molecule has 49 nitrogen and oxygen atoms in total. The molecule has 0 radical (unpaired) electrons. The molecule has 2 aliphatic rings. The molecule has 720 valence electrons. The van der Waals surface area contributed by atoms with E-state index >= 15 is 0 Å². The van der Waals surface area contributed by atoms with Gasteiger partial charge in [-0.05, 0) is 106 Å². The normalized spacial score (nSPS) is 16.8. The van der Waals surface area contributed by atoms with Gasteiger partial charge in [0.15, 0.2) is 0 Å². The zero-order valence-electron chi connectivity index (χ0n) is 72.3. The van der Waals surface area contributed by atoms with Crippen molar-refractivity contribution >= 4 is 124 Å². The summed E-state index contributed by atoms with van der Waals surface area (Å²) in [4.78, 5) is 278. The van der Waals surface area contributed by atoms with Gasteiger partial charge in [0.1, 0.15) is 54.4 Å². The maximum absolute atomic E-state index is 14.9. The van der Waals surface area contributed by atoms with Crippen molar-refractivity contribution < 1.29 is 137 Å². The second-order valence-electron chi connectivity index (χ2n) is 32.2. The summed E-state index contributed by atoms with van der Waals surface area (Å²) < 4.78 is 0. The number of H-pyrrole nitrogens is 3. The van der Waals surface area contributed by atoms with Gasteiger partial charge in [-0.1, -0.05) is 42.5 Å². The fraction of sp³-hybridized carbons (Fsp3) is 0.542. The van der Waals surface area contributed by atoms with Crippen LogP contribution < -0.4 is 58.5 Å². The Balaban J connectivity index is 1.03. The van der Waals surface area contributed by atoms with Crippen molar-refractivity contribution in [3.8, 4) is 0 Å². The second kappa shape index (κ2) is 54.4. The van der Waals surface area contributed by atoms with Crippen LogP contribution in [0.25, 0.3) is 10.8 Å². The fourth-order valence-corrected chi connectivity index (χ4v) is 14.9. The number of aryl methyl sites for hydroxylation is 1.